The van der Waals surface area contributed by atoms with Crippen molar-refractivity contribution in [1.29, 1.82) is 0 Å². The van der Waals surface area contributed by atoms with Gasteiger partial charge in [-0.25, -0.2) is 15.0 Å². The Labute approximate surface area is 158 Å². The number of nitrogens with zero attached hydrogens (tertiary/aromatic N) is 2. The molecule has 0 saturated carbocycles. The molecule has 1 aliphatic rings. The summed E-state index contributed by atoms with van der Waals surface area (Å²) in [4.78, 5) is 29.6. The Kier molecular flexibility index (Phi) is 5.80. The lowest BCUT2D eigenvalue weighted by Crippen LogP contribution is -2.36. The quantitative estimate of drug-likeness (QED) is 0.803. The number of carbonyl (C=O) groups excluding carboxylic acids is 1. The SMILES string of the molecule is Cc1cc(=O)c(C(=O)NO[C@H]2CCCCO2)nn1-c1cccc(C(F)(F)F)c1. The van der Waals surface area contributed by atoms with Crippen LogP contribution in [0.3, 0.4) is 0 Å². The van der Waals surface area contributed by atoms with Crippen LogP contribution in [0.2, 0.25) is 0 Å². The molecule has 1 aliphatic heterocycles. The van der Waals surface area contributed by atoms with Crippen LogP contribution in [-0.4, -0.2) is 28.6 Å². The van der Waals surface area contributed by atoms with Crippen molar-refractivity contribution in [2.45, 2.75) is 38.7 Å². The van der Waals surface area contributed by atoms with E-state index in [0.29, 0.717) is 13.0 Å². The molecule has 1 fully saturated rings. The van der Waals surface area contributed by atoms with Crippen LogP contribution in [0.5, 0.6) is 0 Å². The summed E-state index contributed by atoms with van der Waals surface area (Å²) < 4.78 is 45.3. The number of amides is 1. The summed E-state index contributed by atoms with van der Waals surface area (Å²) in [6.45, 7) is 2.01. The molecular formula is C18H18F3N3O4. The minimum Gasteiger partial charge on any atom is -0.350 e. The van der Waals surface area contributed by atoms with Gasteiger partial charge in [-0.15, -0.1) is 0 Å². The fourth-order valence-electron chi connectivity index (χ4n) is 2.75. The van der Waals surface area contributed by atoms with Gasteiger partial charge in [0.25, 0.3) is 5.91 Å². The second kappa shape index (κ2) is 8.11. The average Bonchev–Trinajstić information content (AvgIpc) is 2.66. The van der Waals surface area contributed by atoms with Gasteiger partial charge in [0.05, 0.1) is 11.3 Å². The van der Waals surface area contributed by atoms with E-state index in [1.54, 1.807) is 0 Å². The van der Waals surface area contributed by atoms with Gasteiger partial charge in [-0.2, -0.15) is 18.3 Å². The van der Waals surface area contributed by atoms with Crippen molar-refractivity contribution >= 4 is 5.91 Å². The highest BCUT2D eigenvalue weighted by Crippen LogP contribution is 2.30. The first-order valence-corrected chi connectivity index (χ1v) is 8.62. The molecule has 7 nitrogen and oxygen atoms in total. The summed E-state index contributed by atoms with van der Waals surface area (Å²) in [7, 11) is 0. The third-order valence-corrected chi connectivity index (χ3v) is 4.16. The van der Waals surface area contributed by atoms with Gasteiger partial charge in [-0.1, -0.05) is 6.07 Å². The maximum Gasteiger partial charge on any atom is 0.416 e. The Morgan fingerprint density at radius 3 is 2.79 bits per heavy atom. The van der Waals surface area contributed by atoms with Crippen molar-refractivity contribution < 1.29 is 27.5 Å². The van der Waals surface area contributed by atoms with Gasteiger partial charge in [-0.3, -0.25) is 9.59 Å². The standard InChI is InChI=1S/C18H18F3N3O4/c1-11-9-14(25)16(17(26)23-28-15-7-2-3-8-27-15)22-24(11)13-6-4-5-12(10-13)18(19,20)21/h4-6,9-10,15H,2-3,7-8H2,1H3,(H,23,26)/t15-/m0/s1. The fourth-order valence-corrected chi connectivity index (χ4v) is 2.75. The van der Waals surface area contributed by atoms with Gasteiger partial charge < -0.3 is 4.74 Å². The number of halogens is 3. The van der Waals surface area contributed by atoms with Crippen LogP contribution in [0, 0.1) is 6.92 Å². The van der Waals surface area contributed by atoms with E-state index in [2.05, 4.69) is 10.6 Å². The molecule has 0 unspecified atom stereocenters. The van der Waals surface area contributed by atoms with Gasteiger partial charge in [0, 0.05) is 24.8 Å². The molecule has 3 rings (SSSR count). The first-order chi connectivity index (χ1) is 13.3. The monoisotopic (exact) mass is 397 g/mol. The molecule has 2 aromatic rings. The van der Waals surface area contributed by atoms with Crippen LogP contribution < -0.4 is 10.9 Å². The van der Waals surface area contributed by atoms with Gasteiger partial charge in [-0.05, 0) is 38.0 Å². The Morgan fingerprint density at radius 1 is 1.32 bits per heavy atom. The normalized spacial score (nSPS) is 17.4. The summed E-state index contributed by atoms with van der Waals surface area (Å²) in [5.74, 6) is -0.903. The summed E-state index contributed by atoms with van der Waals surface area (Å²) in [6.07, 6.45) is -2.78. The van der Waals surface area contributed by atoms with Crippen molar-refractivity contribution in [2.75, 3.05) is 6.61 Å². The van der Waals surface area contributed by atoms with E-state index in [-0.39, 0.29) is 11.4 Å². The molecule has 10 heteroatoms. The molecule has 1 atom stereocenters. The lowest BCUT2D eigenvalue weighted by molar-refractivity contribution is -0.186. The van der Waals surface area contributed by atoms with Crippen LogP contribution >= 0.6 is 0 Å². The topological polar surface area (TPSA) is 82.5 Å². The first kappa shape index (κ1) is 20.0. The largest absolute Gasteiger partial charge is 0.416 e. The number of aromatic nitrogens is 2. The summed E-state index contributed by atoms with van der Waals surface area (Å²) in [5, 5.41) is 3.93. The van der Waals surface area contributed by atoms with Crippen molar-refractivity contribution in [1.82, 2.24) is 15.3 Å². The molecule has 150 valence electrons. The molecule has 1 N–H and O–H groups in total. The van der Waals surface area contributed by atoms with E-state index in [4.69, 9.17) is 9.57 Å². The van der Waals surface area contributed by atoms with Crippen molar-refractivity contribution in [2.24, 2.45) is 0 Å². The lowest BCUT2D eigenvalue weighted by Gasteiger charge is -2.22. The van der Waals surface area contributed by atoms with Crippen molar-refractivity contribution in [3.8, 4) is 5.69 Å². The molecule has 28 heavy (non-hydrogen) atoms. The van der Waals surface area contributed by atoms with Crippen LogP contribution in [0.15, 0.2) is 35.1 Å². The fraction of sp³-hybridized carbons (Fsp3) is 0.389. The minimum atomic E-state index is -4.53. The van der Waals surface area contributed by atoms with E-state index in [0.717, 1.165) is 35.7 Å². The number of hydrogen-bond donors (Lipinski definition) is 1. The van der Waals surface area contributed by atoms with Crippen LogP contribution in [0.1, 0.15) is 41.0 Å². The molecule has 1 amide bonds. The number of hydrogen-bond acceptors (Lipinski definition) is 5. The van der Waals surface area contributed by atoms with E-state index in [1.165, 1.54) is 19.1 Å². The van der Waals surface area contributed by atoms with E-state index in [1.807, 2.05) is 0 Å². The molecule has 1 aromatic carbocycles. The second-order valence-corrected chi connectivity index (χ2v) is 6.30. The summed E-state index contributed by atoms with van der Waals surface area (Å²) in [5.41, 5.74) is 0.424. The minimum absolute atomic E-state index is 0.0675. The number of aryl methyl sites for hydroxylation is 1. The van der Waals surface area contributed by atoms with Gasteiger partial charge >= 0.3 is 6.18 Å². The number of rotatable bonds is 4. The van der Waals surface area contributed by atoms with Crippen LogP contribution in [0.4, 0.5) is 13.2 Å². The van der Waals surface area contributed by atoms with Gasteiger partial charge in [0.1, 0.15) is 0 Å². The number of benzene rings is 1. The smallest absolute Gasteiger partial charge is 0.350 e. The van der Waals surface area contributed by atoms with E-state index < -0.39 is 35.1 Å². The lowest BCUT2D eigenvalue weighted by atomic mass is 10.2. The number of hydroxylamine groups is 1. The predicted molar refractivity (Wildman–Crippen MR) is 91.7 cm³/mol. The Hall–Kier alpha value is -2.72. The van der Waals surface area contributed by atoms with Gasteiger partial charge in [0.15, 0.2) is 12.0 Å². The highest BCUT2D eigenvalue weighted by atomic mass is 19.4. The highest BCUT2D eigenvalue weighted by Gasteiger charge is 2.30. The Bertz CT molecular complexity index is 921. The third-order valence-electron chi connectivity index (χ3n) is 4.16. The molecule has 0 bridgehead atoms. The second-order valence-electron chi connectivity index (χ2n) is 6.30. The summed E-state index contributed by atoms with van der Waals surface area (Å²) in [6, 6.07) is 5.55. The summed E-state index contributed by atoms with van der Waals surface area (Å²) >= 11 is 0. The highest BCUT2D eigenvalue weighted by molar-refractivity contribution is 5.91. The number of carbonyl (C=O) groups is 1. The molecule has 0 spiro atoms. The van der Waals surface area contributed by atoms with Crippen molar-refractivity contribution in [3.63, 3.8) is 0 Å². The first-order valence-electron chi connectivity index (χ1n) is 8.62. The van der Waals surface area contributed by atoms with Gasteiger partial charge in [0.2, 0.25) is 5.43 Å². The number of nitrogens with one attached hydrogen (secondary N) is 1. The maximum absolute atomic E-state index is 13.0. The average molecular weight is 397 g/mol. The zero-order chi connectivity index (χ0) is 20.3. The van der Waals surface area contributed by atoms with Crippen LogP contribution in [-0.2, 0) is 15.8 Å². The van der Waals surface area contributed by atoms with E-state index >= 15 is 0 Å². The molecule has 1 saturated heterocycles. The molecule has 1 aromatic heterocycles. The molecule has 2 heterocycles. The van der Waals surface area contributed by atoms with Crippen LogP contribution in [0.25, 0.3) is 5.69 Å². The predicted octanol–water partition coefficient (Wildman–Crippen LogP) is 2.75. The maximum atomic E-state index is 13.0. The number of ether oxygens (including phenoxy) is 1. The number of alkyl halides is 3. The Balaban J connectivity index is 1.86. The Morgan fingerprint density at radius 2 is 2.11 bits per heavy atom. The molecular weight excluding hydrogens is 379 g/mol. The zero-order valence-corrected chi connectivity index (χ0v) is 15.0. The van der Waals surface area contributed by atoms with E-state index in [9.17, 15) is 22.8 Å². The third kappa shape index (κ3) is 4.57. The zero-order valence-electron chi connectivity index (χ0n) is 15.0. The molecule has 0 radical (unpaired) electrons. The van der Waals surface area contributed by atoms with Crippen molar-refractivity contribution in [3.05, 3.63) is 57.5 Å². The molecule has 0 aliphatic carbocycles.